The van der Waals surface area contributed by atoms with Crippen molar-refractivity contribution in [2.75, 3.05) is 6.54 Å². The van der Waals surface area contributed by atoms with Crippen LogP contribution in [0.25, 0.3) is 0 Å². The maximum Gasteiger partial charge on any atom is 0.251 e. The second kappa shape index (κ2) is 5.69. The summed E-state index contributed by atoms with van der Waals surface area (Å²) in [5, 5.41) is 10.5. The molecule has 5 nitrogen and oxygen atoms in total. The van der Waals surface area contributed by atoms with Crippen molar-refractivity contribution in [3.8, 4) is 0 Å². The van der Waals surface area contributed by atoms with E-state index in [-0.39, 0.29) is 5.91 Å². The second-order valence-corrected chi connectivity index (χ2v) is 5.47. The van der Waals surface area contributed by atoms with Gasteiger partial charge in [0.1, 0.15) is 0 Å². The maximum atomic E-state index is 12.3. The molecule has 21 heavy (non-hydrogen) atoms. The molecule has 0 fully saturated rings. The van der Waals surface area contributed by atoms with E-state index in [9.17, 15) is 4.79 Å². The third kappa shape index (κ3) is 2.83. The van der Waals surface area contributed by atoms with Gasteiger partial charge in [-0.15, -0.1) is 0 Å². The lowest BCUT2D eigenvalue weighted by molar-refractivity contribution is 0.0950. The number of hydrogen-bond acceptors (Lipinski definition) is 3. The van der Waals surface area contributed by atoms with Crippen molar-refractivity contribution < 1.29 is 4.79 Å². The van der Waals surface area contributed by atoms with Crippen molar-refractivity contribution in [2.24, 2.45) is 7.05 Å². The molecule has 0 radical (unpaired) electrons. The summed E-state index contributed by atoms with van der Waals surface area (Å²) in [6, 6.07) is 5.98. The fourth-order valence-electron chi connectivity index (χ4n) is 2.62. The van der Waals surface area contributed by atoms with Crippen LogP contribution in [0.3, 0.4) is 0 Å². The standard InChI is InChI=1S/C16H20N4O/c1-11-15(10-19-20(11)2)9-18-16(21)13-4-3-12-5-6-17-8-14(12)7-13/h3-4,7,10,17H,5-6,8-9H2,1-2H3,(H,18,21). The number of carbonyl (C=O) groups is 1. The van der Waals surface area contributed by atoms with Crippen molar-refractivity contribution in [1.82, 2.24) is 20.4 Å². The SMILES string of the molecule is Cc1c(CNC(=O)c2ccc3c(c2)CNCC3)cnn1C. The van der Waals surface area contributed by atoms with Gasteiger partial charge in [-0.1, -0.05) is 6.07 Å². The highest BCUT2D eigenvalue weighted by molar-refractivity contribution is 5.94. The van der Waals surface area contributed by atoms with Gasteiger partial charge in [-0.2, -0.15) is 5.10 Å². The van der Waals surface area contributed by atoms with Gasteiger partial charge in [-0.3, -0.25) is 9.48 Å². The molecule has 0 saturated heterocycles. The number of aromatic nitrogens is 2. The number of carbonyl (C=O) groups excluding carboxylic acids is 1. The zero-order valence-electron chi connectivity index (χ0n) is 12.4. The normalized spacial score (nSPS) is 13.8. The fraction of sp³-hybridized carbons (Fsp3) is 0.375. The molecule has 1 aromatic heterocycles. The number of rotatable bonds is 3. The Morgan fingerprint density at radius 3 is 3.05 bits per heavy atom. The van der Waals surface area contributed by atoms with Gasteiger partial charge in [0.25, 0.3) is 5.91 Å². The highest BCUT2D eigenvalue weighted by Crippen LogP contribution is 2.16. The van der Waals surface area contributed by atoms with Gasteiger partial charge in [0, 0.05) is 37.0 Å². The molecule has 2 aromatic rings. The van der Waals surface area contributed by atoms with E-state index in [1.54, 1.807) is 6.20 Å². The first-order valence-corrected chi connectivity index (χ1v) is 7.23. The first-order chi connectivity index (χ1) is 10.1. The van der Waals surface area contributed by atoms with Crippen molar-refractivity contribution >= 4 is 5.91 Å². The van der Waals surface area contributed by atoms with Crippen LogP contribution in [0.2, 0.25) is 0 Å². The van der Waals surface area contributed by atoms with E-state index in [1.165, 1.54) is 11.1 Å². The minimum Gasteiger partial charge on any atom is -0.348 e. The van der Waals surface area contributed by atoms with Crippen LogP contribution in [0.15, 0.2) is 24.4 Å². The topological polar surface area (TPSA) is 59.0 Å². The van der Waals surface area contributed by atoms with Crippen molar-refractivity contribution in [3.63, 3.8) is 0 Å². The Hall–Kier alpha value is -2.14. The van der Waals surface area contributed by atoms with E-state index in [0.717, 1.165) is 36.3 Å². The summed E-state index contributed by atoms with van der Waals surface area (Å²) < 4.78 is 1.81. The Balaban J connectivity index is 1.69. The number of hydrogen-bond donors (Lipinski definition) is 2. The summed E-state index contributed by atoms with van der Waals surface area (Å²) in [5.74, 6) is -0.0355. The van der Waals surface area contributed by atoms with Crippen molar-refractivity contribution in [2.45, 2.75) is 26.4 Å². The summed E-state index contributed by atoms with van der Waals surface area (Å²) in [4.78, 5) is 12.3. The molecule has 0 spiro atoms. The zero-order valence-corrected chi connectivity index (χ0v) is 12.4. The van der Waals surface area contributed by atoms with Crippen molar-refractivity contribution in [3.05, 3.63) is 52.3 Å². The van der Waals surface area contributed by atoms with Crippen LogP contribution in [-0.2, 0) is 26.6 Å². The Labute approximate surface area is 124 Å². The molecule has 3 rings (SSSR count). The number of aryl methyl sites for hydroxylation is 1. The van der Waals surface area contributed by atoms with E-state index in [4.69, 9.17) is 0 Å². The van der Waals surface area contributed by atoms with Gasteiger partial charge >= 0.3 is 0 Å². The highest BCUT2D eigenvalue weighted by Gasteiger charge is 2.13. The predicted octanol–water partition coefficient (Wildman–Crippen LogP) is 1.30. The number of amides is 1. The Morgan fingerprint density at radius 2 is 2.29 bits per heavy atom. The Bertz CT molecular complexity index is 675. The average molecular weight is 284 g/mol. The van der Waals surface area contributed by atoms with Gasteiger partial charge < -0.3 is 10.6 Å². The molecule has 0 aliphatic carbocycles. The minimum absolute atomic E-state index is 0.0355. The molecule has 0 unspecified atom stereocenters. The molecule has 110 valence electrons. The minimum atomic E-state index is -0.0355. The molecule has 1 aliphatic rings. The molecule has 0 saturated carbocycles. The lowest BCUT2D eigenvalue weighted by Gasteiger charge is -2.17. The first-order valence-electron chi connectivity index (χ1n) is 7.23. The molecule has 1 amide bonds. The quantitative estimate of drug-likeness (QED) is 0.893. The average Bonchev–Trinajstić information content (AvgIpc) is 2.84. The lowest BCUT2D eigenvalue weighted by atomic mass is 9.98. The predicted molar refractivity (Wildman–Crippen MR) is 81.0 cm³/mol. The highest BCUT2D eigenvalue weighted by atomic mass is 16.1. The zero-order chi connectivity index (χ0) is 14.8. The molecular formula is C16H20N4O. The van der Waals surface area contributed by atoms with Crippen LogP contribution in [0.4, 0.5) is 0 Å². The summed E-state index contributed by atoms with van der Waals surface area (Å²) in [6.07, 6.45) is 2.83. The maximum absolute atomic E-state index is 12.3. The summed E-state index contributed by atoms with van der Waals surface area (Å²) in [5.41, 5.74) is 5.41. The van der Waals surface area contributed by atoms with Gasteiger partial charge in [-0.05, 0) is 43.1 Å². The summed E-state index contributed by atoms with van der Waals surface area (Å²) >= 11 is 0. The van der Waals surface area contributed by atoms with Gasteiger partial charge in [0.2, 0.25) is 0 Å². The van der Waals surface area contributed by atoms with Crippen molar-refractivity contribution in [1.29, 1.82) is 0 Å². The summed E-state index contributed by atoms with van der Waals surface area (Å²) in [6.45, 7) is 4.36. The number of nitrogens with zero attached hydrogens (tertiary/aromatic N) is 2. The van der Waals surface area contributed by atoms with Crippen LogP contribution >= 0.6 is 0 Å². The first kappa shape index (κ1) is 13.8. The molecule has 2 heterocycles. The van der Waals surface area contributed by atoms with Crippen LogP contribution in [0.1, 0.15) is 32.7 Å². The summed E-state index contributed by atoms with van der Waals surface area (Å²) in [7, 11) is 1.90. The van der Waals surface area contributed by atoms with Crippen LogP contribution in [0.5, 0.6) is 0 Å². The molecule has 1 aliphatic heterocycles. The fourth-order valence-corrected chi connectivity index (χ4v) is 2.62. The van der Waals surface area contributed by atoms with E-state index < -0.39 is 0 Å². The number of fused-ring (bicyclic) bond motifs is 1. The van der Waals surface area contributed by atoms with Crippen LogP contribution < -0.4 is 10.6 Å². The molecule has 0 atom stereocenters. The lowest BCUT2D eigenvalue weighted by Crippen LogP contribution is -2.26. The second-order valence-electron chi connectivity index (χ2n) is 5.47. The molecule has 1 aromatic carbocycles. The van der Waals surface area contributed by atoms with Crippen LogP contribution in [-0.4, -0.2) is 22.2 Å². The van der Waals surface area contributed by atoms with Crippen LogP contribution in [0, 0.1) is 6.92 Å². The Morgan fingerprint density at radius 1 is 1.43 bits per heavy atom. The largest absolute Gasteiger partial charge is 0.348 e. The third-order valence-electron chi connectivity index (χ3n) is 4.13. The molecule has 2 N–H and O–H groups in total. The molecule has 0 bridgehead atoms. The number of benzene rings is 1. The third-order valence-corrected chi connectivity index (χ3v) is 4.13. The van der Waals surface area contributed by atoms with E-state index in [1.807, 2.05) is 30.8 Å². The molecular weight excluding hydrogens is 264 g/mol. The van der Waals surface area contributed by atoms with E-state index >= 15 is 0 Å². The van der Waals surface area contributed by atoms with Gasteiger partial charge in [0.05, 0.1) is 6.20 Å². The van der Waals surface area contributed by atoms with Gasteiger partial charge in [-0.25, -0.2) is 0 Å². The Kier molecular flexibility index (Phi) is 3.75. The number of nitrogens with one attached hydrogen (secondary N) is 2. The monoisotopic (exact) mass is 284 g/mol. The van der Waals surface area contributed by atoms with E-state index in [0.29, 0.717) is 6.54 Å². The molecule has 5 heteroatoms. The smallest absolute Gasteiger partial charge is 0.251 e. The van der Waals surface area contributed by atoms with Gasteiger partial charge in [0.15, 0.2) is 0 Å². The van der Waals surface area contributed by atoms with E-state index in [2.05, 4.69) is 21.8 Å².